The van der Waals surface area contributed by atoms with Crippen molar-refractivity contribution in [3.05, 3.63) is 63.0 Å². The first-order valence-electron chi connectivity index (χ1n) is 7.73. The molecule has 0 spiro atoms. The van der Waals surface area contributed by atoms with Crippen molar-refractivity contribution in [1.82, 2.24) is 0 Å². The molecule has 2 aliphatic rings. The lowest BCUT2D eigenvalue weighted by Gasteiger charge is -2.16. The summed E-state index contributed by atoms with van der Waals surface area (Å²) in [5.41, 5.74) is 2.08. The minimum atomic E-state index is -0.442. The third-order valence-electron chi connectivity index (χ3n) is 3.85. The number of fused-ring (bicyclic) bond motifs is 1. The molecular formula is C19H15NO4S. The molecule has 3 heterocycles. The highest BCUT2D eigenvalue weighted by Gasteiger charge is 2.25. The number of hydrogen-bond acceptors (Lipinski definition) is 6. The monoisotopic (exact) mass is 353 g/mol. The van der Waals surface area contributed by atoms with Crippen LogP contribution >= 0.6 is 11.3 Å². The molecule has 0 fully saturated rings. The highest BCUT2D eigenvalue weighted by atomic mass is 32.1. The lowest BCUT2D eigenvalue weighted by atomic mass is 10.1. The quantitative estimate of drug-likeness (QED) is 0.623. The van der Waals surface area contributed by atoms with Crippen LogP contribution in [0, 0.1) is 6.92 Å². The molecule has 0 atom stereocenters. The summed E-state index contributed by atoms with van der Waals surface area (Å²) in [6, 6.07) is 9.51. The van der Waals surface area contributed by atoms with E-state index in [9.17, 15) is 4.79 Å². The Labute approximate surface area is 148 Å². The number of carbonyl (C=O) groups is 1. The number of esters is 1. The van der Waals surface area contributed by atoms with Crippen molar-refractivity contribution in [1.29, 1.82) is 0 Å². The van der Waals surface area contributed by atoms with Gasteiger partial charge in [0.05, 0.1) is 12.0 Å². The number of rotatable bonds is 3. The summed E-state index contributed by atoms with van der Waals surface area (Å²) in [6.07, 6.45) is 3.68. The topological polar surface area (TPSA) is 57.1 Å². The van der Waals surface area contributed by atoms with Crippen LogP contribution in [0.2, 0.25) is 0 Å². The fraction of sp³-hybridized carbons (Fsp3) is 0.158. The van der Waals surface area contributed by atoms with Crippen molar-refractivity contribution in [3.8, 4) is 11.5 Å². The van der Waals surface area contributed by atoms with E-state index in [2.05, 4.69) is 4.99 Å². The van der Waals surface area contributed by atoms with E-state index in [0.717, 1.165) is 32.4 Å². The third-order valence-corrected chi connectivity index (χ3v) is 4.84. The van der Waals surface area contributed by atoms with Gasteiger partial charge in [0.2, 0.25) is 5.90 Å². The van der Waals surface area contributed by atoms with Crippen molar-refractivity contribution >= 4 is 29.3 Å². The van der Waals surface area contributed by atoms with Gasteiger partial charge in [0, 0.05) is 16.5 Å². The molecule has 5 nitrogen and oxygen atoms in total. The van der Waals surface area contributed by atoms with Gasteiger partial charge >= 0.3 is 5.97 Å². The number of thiophene rings is 1. The normalized spacial score (nSPS) is 17.5. The molecular weight excluding hydrogens is 338 g/mol. The smallest absolute Gasteiger partial charge is 0.363 e. The first-order chi connectivity index (χ1) is 12.1. The molecule has 0 amide bonds. The maximum absolute atomic E-state index is 12.1. The van der Waals surface area contributed by atoms with E-state index in [0.29, 0.717) is 12.5 Å². The van der Waals surface area contributed by atoms with Gasteiger partial charge in [0.1, 0.15) is 18.1 Å². The summed E-state index contributed by atoms with van der Waals surface area (Å²) >= 11 is 1.54. The van der Waals surface area contributed by atoms with Gasteiger partial charge in [-0.25, -0.2) is 9.79 Å². The molecule has 2 aliphatic heterocycles. The second-order valence-corrected chi connectivity index (χ2v) is 6.95. The summed E-state index contributed by atoms with van der Waals surface area (Å²) in [5.74, 6) is 1.42. The average molecular weight is 353 g/mol. The predicted octanol–water partition coefficient (Wildman–Crippen LogP) is 3.73. The number of hydrogen-bond donors (Lipinski definition) is 0. The highest BCUT2D eigenvalue weighted by molar-refractivity contribution is 7.14. The number of carbonyl (C=O) groups excluding carboxylic acids is 1. The Morgan fingerprint density at radius 3 is 2.92 bits per heavy atom. The second-order valence-electron chi connectivity index (χ2n) is 5.66. The van der Waals surface area contributed by atoms with Gasteiger partial charge < -0.3 is 14.2 Å². The van der Waals surface area contributed by atoms with Crippen molar-refractivity contribution in [3.63, 3.8) is 0 Å². The van der Waals surface area contributed by atoms with Crippen LogP contribution in [0.4, 0.5) is 0 Å². The highest BCUT2D eigenvalue weighted by Crippen LogP contribution is 2.31. The molecule has 126 valence electrons. The van der Waals surface area contributed by atoms with E-state index in [4.69, 9.17) is 14.2 Å². The zero-order valence-electron chi connectivity index (χ0n) is 13.7. The van der Waals surface area contributed by atoms with E-state index in [1.807, 2.05) is 43.3 Å². The lowest BCUT2D eigenvalue weighted by molar-refractivity contribution is -0.130. The third kappa shape index (κ3) is 3.08. The molecule has 4 rings (SSSR count). The average Bonchev–Trinajstić information content (AvgIpc) is 3.20. The maximum atomic E-state index is 12.1. The van der Waals surface area contributed by atoms with Gasteiger partial charge in [-0.2, -0.15) is 0 Å². The van der Waals surface area contributed by atoms with E-state index < -0.39 is 5.97 Å². The number of aryl methyl sites for hydroxylation is 1. The second kappa shape index (κ2) is 6.22. The molecule has 1 aromatic heterocycles. The Morgan fingerprint density at radius 2 is 2.16 bits per heavy atom. The first-order valence-corrected chi connectivity index (χ1v) is 8.55. The molecule has 0 radical (unpaired) electrons. The van der Waals surface area contributed by atoms with E-state index in [-0.39, 0.29) is 5.70 Å². The Hall–Kier alpha value is -2.86. The summed E-state index contributed by atoms with van der Waals surface area (Å²) in [6.45, 7) is 2.36. The maximum Gasteiger partial charge on any atom is 0.363 e. The number of benzene rings is 1. The van der Waals surface area contributed by atoms with E-state index >= 15 is 0 Å². The van der Waals surface area contributed by atoms with Crippen LogP contribution in [0.1, 0.15) is 15.3 Å². The van der Waals surface area contributed by atoms with Crippen LogP contribution in [0.5, 0.6) is 11.5 Å². The fourth-order valence-electron chi connectivity index (χ4n) is 2.61. The summed E-state index contributed by atoms with van der Waals surface area (Å²) < 4.78 is 16.2. The van der Waals surface area contributed by atoms with Gasteiger partial charge in [-0.1, -0.05) is 0 Å². The van der Waals surface area contributed by atoms with E-state index in [1.165, 1.54) is 0 Å². The van der Waals surface area contributed by atoms with Gasteiger partial charge in [0.15, 0.2) is 5.70 Å². The minimum absolute atomic E-state index is 0.285. The standard InChI is InChI=1S/C19H15NO4S/c1-11-3-6-17(25-11)18-20-15(19(21)24-18)8-12-7-13-4-5-14(22-2)9-16(13)23-10-12/h3-9H,10H2,1-2H3/b15-8-. The molecule has 1 aromatic carbocycles. The molecule has 0 saturated heterocycles. The van der Waals surface area contributed by atoms with Crippen LogP contribution < -0.4 is 9.47 Å². The molecule has 0 aliphatic carbocycles. The zero-order valence-corrected chi connectivity index (χ0v) is 14.6. The number of cyclic esters (lactones) is 1. The Kier molecular flexibility index (Phi) is 3.89. The predicted molar refractivity (Wildman–Crippen MR) is 96.2 cm³/mol. The summed E-state index contributed by atoms with van der Waals surface area (Å²) in [5, 5.41) is 0. The van der Waals surface area contributed by atoms with Crippen molar-refractivity contribution < 1.29 is 19.0 Å². The Morgan fingerprint density at radius 1 is 1.28 bits per heavy atom. The number of methoxy groups -OCH3 is 1. The number of nitrogens with zero attached hydrogens (tertiary/aromatic N) is 1. The van der Waals surface area contributed by atoms with Crippen LogP contribution in [0.3, 0.4) is 0 Å². The van der Waals surface area contributed by atoms with Gasteiger partial charge in [-0.15, -0.1) is 11.3 Å². The molecule has 6 heteroatoms. The summed E-state index contributed by atoms with van der Waals surface area (Å²) in [7, 11) is 1.62. The number of aliphatic imine (C=N–C) groups is 1. The van der Waals surface area contributed by atoms with Crippen molar-refractivity contribution in [2.75, 3.05) is 13.7 Å². The molecule has 0 saturated carbocycles. The van der Waals surface area contributed by atoms with Crippen molar-refractivity contribution in [2.24, 2.45) is 4.99 Å². The largest absolute Gasteiger partial charge is 0.497 e. The summed E-state index contributed by atoms with van der Waals surface area (Å²) in [4.78, 5) is 18.4. The molecule has 0 unspecified atom stereocenters. The van der Waals surface area contributed by atoms with Crippen LogP contribution in [-0.2, 0) is 9.53 Å². The van der Waals surface area contributed by atoms with Crippen LogP contribution in [0.25, 0.3) is 6.08 Å². The molecule has 25 heavy (non-hydrogen) atoms. The minimum Gasteiger partial charge on any atom is -0.497 e. The van der Waals surface area contributed by atoms with Gasteiger partial charge in [-0.05, 0) is 48.9 Å². The van der Waals surface area contributed by atoms with Gasteiger partial charge in [0.25, 0.3) is 0 Å². The first kappa shape index (κ1) is 15.7. The lowest BCUT2D eigenvalue weighted by Crippen LogP contribution is -2.08. The zero-order chi connectivity index (χ0) is 17.4. The molecule has 0 bridgehead atoms. The van der Waals surface area contributed by atoms with Crippen molar-refractivity contribution in [2.45, 2.75) is 6.92 Å². The fourth-order valence-corrected chi connectivity index (χ4v) is 3.41. The Balaban J connectivity index is 1.63. The van der Waals surface area contributed by atoms with Crippen LogP contribution in [-0.4, -0.2) is 25.6 Å². The SMILES string of the molecule is COc1ccc2c(c1)OCC(/C=C1\N=C(c3ccc(C)s3)OC1=O)=C2. The van der Waals surface area contributed by atoms with Gasteiger partial charge in [-0.3, -0.25) is 0 Å². The number of ether oxygens (including phenoxy) is 3. The van der Waals surface area contributed by atoms with E-state index in [1.54, 1.807) is 24.5 Å². The molecule has 2 aromatic rings. The van der Waals surface area contributed by atoms with Crippen LogP contribution in [0.15, 0.2) is 52.7 Å². The Bertz CT molecular complexity index is 952. The molecule has 0 N–H and O–H groups in total.